The molecule has 0 atom stereocenters. The molecule has 1 amide bonds. The van der Waals surface area contributed by atoms with Crippen LogP contribution >= 0.6 is 24.0 Å². The van der Waals surface area contributed by atoms with Crippen LogP contribution in [0.5, 0.6) is 0 Å². The van der Waals surface area contributed by atoms with Gasteiger partial charge >= 0.3 is 0 Å². The van der Waals surface area contributed by atoms with Crippen LogP contribution in [0.15, 0.2) is 35.3 Å². The number of nitrogens with one attached hydrogen (secondary N) is 2. The number of nitrogens with zero attached hydrogens (tertiary/aromatic N) is 3. The summed E-state index contributed by atoms with van der Waals surface area (Å²) in [6, 6.07) is 10.1. The van der Waals surface area contributed by atoms with Gasteiger partial charge in [-0.05, 0) is 25.3 Å². The fraction of sp³-hybridized carbons (Fsp3) is 0.667. The van der Waals surface area contributed by atoms with Crippen molar-refractivity contribution in [1.82, 2.24) is 20.4 Å². The van der Waals surface area contributed by atoms with Crippen LogP contribution < -0.4 is 10.6 Å². The lowest BCUT2D eigenvalue weighted by Crippen LogP contribution is -2.60. The van der Waals surface area contributed by atoms with Crippen LogP contribution in [0.25, 0.3) is 0 Å². The van der Waals surface area contributed by atoms with Gasteiger partial charge in [0.25, 0.3) is 0 Å². The van der Waals surface area contributed by atoms with Gasteiger partial charge in [-0.1, -0.05) is 49.6 Å². The van der Waals surface area contributed by atoms with E-state index in [2.05, 4.69) is 32.7 Å². The molecule has 0 aromatic heterocycles. The number of benzene rings is 1. The predicted octanol–water partition coefficient (Wildman–Crippen LogP) is 2.85. The van der Waals surface area contributed by atoms with Crippen molar-refractivity contribution in [2.45, 2.75) is 51.1 Å². The zero-order chi connectivity index (χ0) is 21.9. The lowest BCUT2D eigenvalue weighted by Gasteiger charge is -2.48. The molecule has 32 heavy (non-hydrogen) atoms. The van der Waals surface area contributed by atoms with E-state index < -0.39 is 0 Å². The molecule has 1 aliphatic heterocycles. The van der Waals surface area contributed by atoms with E-state index >= 15 is 0 Å². The minimum atomic E-state index is 0. The van der Waals surface area contributed by atoms with E-state index in [-0.39, 0.29) is 42.0 Å². The van der Waals surface area contributed by atoms with Gasteiger partial charge in [-0.15, -0.1) is 24.0 Å². The minimum Gasteiger partial charge on any atom is -0.379 e. The smallest absolute Gasteiger partial charge is 0.242 e. The molecule has 1 heterocycles. The second kappa shape index (κ2) is 14.0. The van der Waals surface area contributed by atoms with E-state index in [1.165, 1.54) is 32.1 Å². The number of hydrogen-bond acceptors (Lipinski definition) is 4. The number of morpholine rings is 1. The predicted molar refractivity (Wildman–Crippen MR) is 141 cm³/mol. The highest BCUT2D eigenvalue weighted by Crippen LogP contribution is 2.33. The first-order chi connectivity index (χ1) is 15.2. The number of rotatable bonds is 8. The first-order valence-corrected chi connectivity index (χ1v) is 11.8. The summed E-state index contributed by atoms with van der Waals surface area (Å²) in [5.41, 5.74) is 1.30. The van der Waals surface area contributed by atoms with Gasteiger partial charge in [0.1, 0.15) is 0 Å². The van der Waals surface area contributed by atoms with Gasteiger partial charge < -0.3 is 20.3 Å². The third-order valence-corrected chi connectivity index (χ3v) is 6.63. The summed E-state index contributed by atoms with van der Waals surface area (Å²) in [7, 11) is 1.77. The molecule has 1 aromatic rings. The molecule has 8 heteroatoms. The molecule has 1 saturated carbocycles. The second-order valence-corrected chi connectivity index (χ2v) is 8.56. The zero-order valence-electron chi connectivity index (χ0n) is 19.6. The molecule has 0 radical (unpaired) electrons. The molecule has 3 rings (SSSR count). The first-order valence-electron chi connectivity index (χ1n) is 11.8. The average molecular weight is 558 g/mol. The molecule has 2 fully saturated rings. The van der Waals surface area contributed by atoms with Gasteiger partial charge in [-0.25, -0.2) is 0 Å². The van der Waals surface area contributed by atoms with Crippen LogP contribution in [0.3, 0.4) is 0 Å². The Morgan fingerprint density at radius 3 is 2.44 bits per heavy atom. The number of carbonyl (C=O) groups is 1. The van der Waals surface area contributed by atoms with Gasteiger partial charge in [0.05, 0.1) is 19.8 Å². The standard InChI is InChI=1S/C24H39N5O2.HI/c1-3-28(19-21-10-6-4-7-11-21)22(30)18-26-23(25-2)27-20-24(12-8-5-9-13-24)29-14-16-31-17-15-29;/h4,6-7,10-11H,3,5,8-9,12-20H2,1-2H3,(H2,25,26,27);1H. The van der Waals surface area contributed by atoms with Crippen molar-refractivity contribution >= 4 is 35.8 Å². The third-order valence-electron chi connectivity index (χ3n) is 6.63. The summed E-state index contributed by atoms with van der Waals surface area (Å²) < 4.78 is 5.58. The fourth-order valence-electron chi connectivity index (χ4n) is 4.77. The SMILES string of the molecule is CCN(Cc1ccccc1)C(=O)CNC(=NC)NCC1(N2CCOCC2)CCCCC1.I. The van der Waals surface area contributed by atoms with Crippen molar-refractivity contribution in [3.05, 3.63) is 35.9 Å². The van der Waals surface area contributed by atoms with Crippen LogP contribution in [0, 0.1) is 0 Å². The fourth-order valence-corrected chi connectivity index (χ4v) is 4.77. The first kappa shape index (κ1) is 26.9. The maximum absolute atomic E-state index is 12.8. The Morgan fingerprint density at radius 1 is 1.12 bits per heavy atom. The Balaban J connectivity index is 0.00000363. The van der Waals surface area contributed by atoms with Crippen molar-refractivity contribution in [1.29, 1.82) is 0 Å². The van der Waals surface area contributed by atoms with Crippen LogP contribution in [0.1, 0.15) is 44.6 Å². The maximum Gasteiger partial charge on any atom is 0.242 e. The largest absolute Gasteiger partial charge is 0.379 e. The Kier molecular flexibility index (Phi) is 11.7. The summed E-state index contributed by atoms with van der Waals surface area (Å²) in [4.78, 5) is 21.6. The molecular formula is C24H40IN5O2. The van der Waals surface area contributed by atoms with Crippen LogP contribution in [0.2, 0.25) is 0 Å². The highest BCUT2D eigenvalue weighted by Gasteiger charge is 2.38. The molecule has 0 unspecified atom stereocenters. The summed E-state index contributed by atoms with van der Waals surface area (Å²) in [6.45, 7) is 8.05. The molecule has 1 aromatic carbocycles. The highest BCUT2D eigenvalue weighted by atomic mass is 127. The molecular weight excluding hydrogens is 517 g/mol. The van der Waals surface area contributed by atoms with Gasteiger partial charge in [-0.2, -0.15) is 0 Å². The van der Waals surface area contributed by atoms with Crippen molar-refractivity contribution in [3.63, 3.8) is 0 Å². The number of aliphatic imine (C=N–C) groups is 1. The van der Waals surface area contributed by atoms with E-state index in [0.29, 0.717) is 19.0 Å². The van der Waals surface area contributed by atoms with Crippen molar-refractivity contribution in [2.75, 3.05) is 53.0 Å². The normalized spacial score (nSPS) is 19.0. The molecule has 7 nitrogen and oxygen atoms in total. The van der Waals surface area contributed by atoms with E-state index in [0.717, 1.165) is 38.4 Å². The molecule has 0 bridgehead atoms. The van der Waals surface area contributed by atoms with E-state index in [1.54, 1.807) is 7.05 Å². The van der Waals surface area contributed by atoms with E-state index in [1.807, 2.05) is 30.0 Å². The number of carbonyl (C=O) groups excluding carboxylic acids is 1. The highest BCUT2D eigenvalue weighted by molar-refractivity contribution is 14.0. The zero-order valence-corrected chi connectivity index (χ0v) is 22.0. The van der Waals surface area contributed by atoms with E-state index in [4.69, 9.17) is 4.74 Å². The average Bonchev–Trinajstić information content (AvgIpc) is 2.84. The van der Waals surface area contributed by atoms with Crippen molar-refractivity contribution in [2.24, 2.45) is 4.99 Å². The summed E-state index contributed by atoms with van der Waals surface area (Å²) in [5.74, 6) is 0.775. The number of hydrogen-bond donors (Lipinski definition) is 2. The summed E-state index contributed by atoms with van der Waals surface area (Å²) in [5, 5.41) is 6.76. The number of amides is 1. The summed E-state index contributed by atoms with van der Waals surface area (Å²) >= 11 is 0. The molecule has 2 aliphatic rings. The second-order valence-electron chi connectivity index (χ2n) is 8.56. The number of likely N-dealkylation sites (N-methyl/N-ethyl adjacent to an activating group) is 1. The van der Waals surface area contributed by atoms with Gasteiger partial charge in [0, 0.05) is 45.3 Å². The Bertz CT molecular complexity index is 704. The third kappa shape index (κ3) is 7.59. The Morgan fingerprint density at radius 2 is 1.81 bits per heavy atom. The molecule has 1 aliphatic carbocycles. The lowest BCUT2D eigenvalue weighted by molar-refractivity contribution is -0.130. The molecule has 0 spiro atoms. The quantitative estimate of drug-likeness (QED) is 0.293. The van der Waals surface area contributed by atoms with Crippen LogP contribution in [0.4, 0.5) is 0 Å². The topological polar surface area (TPSA) is 69.2 Å². The lowest BCUT2D eigenvalue weighted by atomic mass is 9.80. The molecule has 2 N–H and O–H groups in total. The van der Waals surface area contributed by atoms with Gasteiger partial charge in [0.15, 0.2) is 5.96 Å². The number of halogens is 1. The van der Waals surface area contributed by atoms with Crippen molar-refractivity contribution in [3.8, 4) is 0 Å². The Labute approximate surface area is 210 Å². The van der Waals surface area contributed by atoms with Crippen molar-refractivity contribution < 1.29 is 9.53 Å². The van der Waals surface area contributed by atoms with Crippen LogP contribution in [-0.4, -0.2) is 80.2 Å². The summed E-state index contributed by atoms with van der Waals surface area (Å²) in [6.07, 6.45) is 6.28. The van der Waals surface area contributed by atoms with Crippen LogP contribution in [-0.2, 0) is 16.1 Å². The monoisotopic (exact) mass is 557 g/mol. The molecule has 1 saturated heterocycles. The number of ether oxygens (including phenoxy) is 1. The molecule has 180 valence electrons. The Hall–Kier alpha value is -1.39. The van der Waals surface area contributed by atoms with Gasteiger partial charge in [-0.3, -0.25) is 14.7 Å². The van der Waals surface area contributed by atoms with Gasteiger partial charge in [0.2, 0.25) is 5.91 Å². The van der Waals surface area contributed by atoms with E-state index in [9.17, 15) is 4.79 Å². The maximum atomic E-state index is 12.8. The number of guanidine groups is 1. The minimum absolute atomic E-state index is 0.